The van der Waals surface area contributed by atoms with E-state index in [1.807, 2.05) is 0 Å². The van der Waals surface area contributed by atoms with Crippen molar-refractivity contribution < 1.29 is 0 Å². The molecule has 0 aliphatic carbocycles. The Morgan fingerprint density at radius 3 is 2.67 bits per heavy atom. The summed E-state index contributed by atoms with van der Waals surface area (Å²) in [5.74, 6) is 1.67. The van der Waals surface area contributed by atoms with E-state index in [-0.39, 0.29) is 24.0 Å². The Morgan fingerprint density at radius 1 is 1.33 bits per heavy atom. The molecule has 0 amide bonds. The fourth-order valence-corrected chi connectivity index (χ4v) is 1.38. The smallest absolute Gasteiger partial charge is 0.188 e. The Hall–Kier alpha value is 0.350. The second kappa shape index (κ2) is 14.3. The molecule has 15 heavy (non-hydrogen) atoms. The molecule has 92 valence electrons. The quantitative estimate of drug-likeness (QED) is 0.308. The van der Waals surface area contributed by atoms with Crippen molar-refractivity contribution in [2.45, 2.75) is 32.6 Å². The molecule has 0 aromatic rings. The molecule has 0 heterocycles. The van der Waals surface area contributed by atoms with Crippen LogP contribution < -0.4 is 11.1 Å². The standard InChI is InChI=1S/C10H23N3S.HI/c1-3-4-5-6-7-12-10(11)13-8-9-14-2;/h3-9H2,1-2H3,(H3,11,12,13);1H. The van der Waals surface area contributed by atoms with E-state index in [1.165, 1.54) is 19.3 Å². The molecule has 0 radical (unpaired) electrons. The predicted octanol–water partition coefficient (Wildman–Crippen LogP) is 2.45. The molecular weight excluding hydrogens is 321 g/mol. The average Bonchev–Trinajstić information content (AvgIpc) is 2.18. The van der Waals surface area contributed by atoms with Crippen LogP contribution in [0, 0.1) is 0 Å². The average molecular weight is 345 g/mol. The fourth-order valence-electron chi connectivity index (χ4n) is 1.08. The van der Waals surface area contributed by atoms with E-state index in [0.717, 1.165) is 25.3 Å². The van der Waals surface area contributed by atoms with Crippen LogP contribution in [0.25, 0.3) is 0 Å². The zero-order valence-electron chi connectivity index (χ0n) is 9.79. The van der Waals surface area contributed by atoms with E-state index in [0.29, 0.717) is 5.96 Å². The Bertz CT molecular complexity index is 154. The third kappa shape index (κ3) is 14.4. The number of aliphatic imine (C=N–C) groups is 1. The molecular formula is C10H24IN3S. The first kappa shape index (κ1) is 17.7. The van der Waals surface area contributed by atoms with Crippen molar-refractivity contribution >= 4 is 41.7 Å². The minimum atomic E-state index is 0. The lowest BCUT2D eigenvalue weighted by atomic mass is 10.2. The van der Waals surface area contributed by atoms with Gasteiger partial charge in [-0.3, -0.25) is 4.99 Å². The largest absolute Gasteiger partial charge is 0.370 e. The van der Waals surface area contributed by atoms with Crippen LogP contribution in [0.2, 0.25) is 0 Å². The summed E-state index contributed by atoms with van der Waals surface area (Å²) in [7, 11) is 0. The summed E-state index contributed by atoms with van der Waals surface area (Å²) in [6.07, 6.45) is 7.07. The minimum absolute atomic E-state index is 0. The van der Waals surface area contributed by atoms with E-state index in [9.17, 15) is 0 Å². The van der Waals surface area contributed by atoms with Crippen LogP contribution in [0.3, 0.4) is 0 Å². The van der Waals surface area contributed by atoms with Crippen LogP contribution in [-0.2, 0) is 0 Å². The van der Waals surface area contributed by atoms with Gasteiger partial charge < -0.3 is 11.1 Å². The topological polar surface area (TPSA) is 50.4 Å². The third-order valence-corrected chi connectivity index (χ3v) is 2.52. The molecule has 0 aliphatic heterocycles. The third-order valence-electron chi connectivity index (χ3n) is 1.91. The van der Waals surface area contributed by atoms with Crippen LogP contribution >= 0.6 is 35.7 Å². The van der Waals surface area contributed by atoms with Gasteiger partial charge in [0.25, 0.3) is 0 Å². The molecule has 5 heteroatoms. The van der Waals surface area contributed by atoms with E-state index in [1.54, 1.807) is 11.8 Å². The predicted molar refractivity (Wildman–Crippen MR) is 82.4 cm³/mol. The molecule has 0 unspecified atom stereocenters. The molecule has 0 atom stereocenters. The molecule has 3 N–H and O–H groups in total. The molecule has 0 rings (SSSR count). The van der Waals surface area contributed by atoms with E-state index >= 15 is 0 Å². The lowest BCUT2D eigenvalue weighted by molar-refractivity contribution is 0.673. The molecule has 0 saturated heterocycles. The number of unbranched alkanes of at least 4 members (excludes halogenated alkanes) is 3. The van der Waals surface area contributed by atoms with Crippen LogP contribution in [0.5, 0.6) is 0 Å². The summed E-state index contributed by atoms with van der Waals surface area (Å²) >= 11 is 1.81. The zero-order valence-corrected chi connectivity index (χ0v) is 12.9. The van der Waals surface area contributed by atoms with Crippen LogP contribution in [0.15, 0.2) is 4.99 Å². The SMILES string of the molecule is CCCCCCN=C(N)NCCSC.I. The molecule has 0 bridgehead atoms. The van der Waals surface area contributed by atoms with Gasteiger partial charge in [-0.05, 0) is 12.7 Å². The Kier molecular flexibility index (Phi) is 17.0. The van der Waals surface area contributed by atoms with Crippen molar-refractivity contribution in [3.63, 3.8) is 0 Å². The second-order valence-electron chi connectivity index (χ2n) is 3.25. The Balaban J connectivity index is 0. The van der Waals surface area contributed by atoms with Gasteiger partial charge in [0.1, 0.15) is 0 Å². The first-order chi connectivity index (χ1) is 6.81. The number of nitrogens with zero attached hydrogens (tertiary/aromatic N) is 1. The van der Waals surface area contributed by atoms with Gasteiger partial charge >= 0.3 is 0 Å². The highest BCUT2D eigenvalue weighted by molar-refractivity contribution is 14.0. The number of nitrogens with one attached hydrogen (secondary N) is 1. The summed E-state index contributed by atoms with van der Waals surface area (Å²) in [5, 5.41) is 3.08. The van der Waals surface area contributed by atoms with Gasteiger partial charge in [-0.25, -0.2) is 0 Å². The Morgan fingerprint density at radius 2 is 2.07 bits per heavy atom. The zero-order chi connectivity index (χ0) is 10.6. The maximum Gasteiger partial charge on any atom is 0.188 e. The van der Waals surface area contributed by atoms with Gasteiger partial charge in [0, 0.05) is 18.8 Å². The summed E-state index contributed by atoms with van der Waals surface area (Å²) in [5.41, 5.74) is 5.66. The number of halogens is 1. The van der Waals surface area contributed by atoms with Crippen molar-refractivity contribution in [1.82, 2.24) is 5.32 Å². The molecule has 3 nitrogen and oxygen atoms in total. The monoisotopic (exact) mass is 345 g/mol. The Labute approximate surface area is 115 Å². The van der Waals surface area contributed by atoms with E-state index in [4.69, 9.17) is 5.73 Å². The van der Waals surface area contributed by atoms with Crippen molar-refractivity contribution in [3.8, 4) is 0 Å². The number of hydrogen-bond donors (Lipinski definition) is 2. The van der Waals surface area contributed by atoms with Crippen molar-refractivity contribution in [2.24, 2.45) is 10.7 Å². The molecule has 0 aromatic carbocycles. The van der Waals surface area contributed by atoms with Crippen molar-refractivity contribution in [2.75, 3.05) is 25.1 Å². The van der Waals surface area contributed by atoms with E-state index < -0.39 is 0 Å². The van der Waals surface area contributed by atoms with Gasteiger partial charge in [-0.1, -0.05) is 26.2 Å². The van der Waals surface area contributed by atoms with Gasteiger partial charge in [0.05, 0.1) is 0 Å². The van der Waals surface area contributed by atoms with Crippen molar-refractivity contribution in [1.29, 1.82) is 0 Å². The second-order valence-corrected chi connectivity index (χ2v) is 4.23. The fraction of sp³-hybridized carbons (Fsp3) is 0.900. The molecule has 0 spiro atoms. The van der Waals surface area contributed by atoms with Gasteiger partial charge in [0.15, 0.2) is 5.96 Å². The van der Waals surface area contributed by atoms with Gasteiger partial charge in [-0.2, -0.15) is 11.8 Å². The number of hydrogen-bond acceptors (Lipinski definition) is 2. The first-order valence-corrected chi connectivity index (χ1v) is 6.73. The number of rotatable bonds is 8. The summed E-state index contributed by atoms with van der Waals surface area (Å²) in [4.78, 5) is 4.24. The summed E-state index contributed by atoms with van der Waals surface area (Å²) < 4.78 is 0. The van der Waals surface area contributed by atoms with E-state index in [2.05, 4.69) is 23.5 Å². The lowest BCUT2D eigenvalue weighted by Crippen LogP contribution is -2.33. The molecule has 0 aromatic heterocycles. The number of thioether (sulfide) groups is 1. The van der Waals surface area contributed by atoms with Crippen molar-refractivity contribution in [3.05, 3.63) is 0 Å². The highest BCUT2D eigenvalue weighted by atomic mass is 127. The first-order valence-electron chi connectivity index (χ1n) is 5.34. The maximum absolute atomic E-state index is 5.66. The minimum Gasteiger partial charge on any atom is -0.370 e. The molecule has 0 fully saturated rings. The summed E-state index contributed by atoms with van der Waals surface area (Å²) in [6.45, 7) is 3.98. The number of nitrogens with two attached hydrogens (primary N) is 1. The van der Waals surface area contributed by atoms with Gasteiger partial charge in [0.2, 0.25) is 0 Å². The number of guanidine groups is 1. The maximum atomic E-state index is 5.66. The highest BCUT2D eigenvalue weighted by Crippen LogP contribution is 1.98. The highest BCUT2D eigenvalue weighted by Gasteiger charge is 1.90. The van der Waals surface area contributed by atoms with Crippen LogP contribution in [-0.4, -0.2) is 31.1 Å². The lowest BCUT2D eigenvalue weighted by Gasteiger charge is -2.03. The molecule has 0 saturated carbocycles. The van der Waals surface area contributed by atoms with Crippen LogP contribution in [0.4, 0.5) is 0 Å². The summed E-state index contributed by atoms with van der Waals surface area (Å²) in [6, 6.07) is 0. The van der Waals surface area contributed by atoms with Crippen LogP contribution in [0.1, 0.15) is 32.6 Å². The molecule has 0 aliphatic rings. The normalized spacial score (nSPS) is 10.9. The van der Waals surface area contributed by atoms with Gasteiger partial charge in [-0.15, -0.1) is 24.0 Å².